The molecule has 0 atom stereocenters. The third-order valence-corrected chi connectivity index (χ3v) is 4.45. The molecule has 0 amide bonds. The lowest BCUT2D eigenvalue weighted by atomic mass is 10.1. The summed E-state index contributed by atoms with van der Waals surface area (Å²) in [4.78, 5) is 10.4. The summed E-state index contributed by atoms with van der Waals surface area (Å²) in [6.45, 7) is 4.44. The van der Waals surface area contributed by atoms with Crippen molar-refractivity contribution < 1.29 is 9.90 Å². The van der Waals surface area contributed by atoms with Crippen molar-refractivity contribution in [1.29, 1.82) is 0 Å². The van der Waals surface area contributed by atoms with Crippen LogP contribution in [0.2, 0.25) is 0 Å². The maximum atomic E-state index is 10.4. The minimum absolute atomic E-state index is 0.318. The van der Waals surface area contributed by atoms with Crippen LogP contribution in [0.15, 0.2) is 0 Å². The minimum Gasteiger partial charge on any atom is -0.481 e. The van der Waals surface area contributed by atoms with E-state index in [1.807, 2.05) is 0 Å². The summed E-state index contributed by atoms with van der Waals surface area (Å²) in [6, 6.07) is 0. The molecule has 0 aromatic carbocycles. The SMILES string of the molecule is CCCCCCCCCCCCCCNCCCCCC(=O)O. The highest BCUT2D eigenvalue weighted by atomic mass is 16.4. The van der Waals surface area contributed by atoms with E-state index in [-0.39, 0.29) is 0 Å². The number of carboxylic acid groups (broad SMARTS) is 1. The Kier molecular flexibility index (Phi) is 19.0. The highest BCUT2D eigenvalue weighted by Gasteiger charge is 1.96. The van der Waals surface area contributed by atoms with Gasteiger partial charge in [-0.1, -0.05) is 84.0 Å². The molecule has 0 bridgehead atoms. The normalized spacial score (nSPS) is 11.0. The number of unbranched alkanes of at least 4 members (excludes halogenated alkanes) is 13. The fraction of sp³-hybridized carbons (Fsp3) is 0.950. The average molecular weight is 328 g/mol. The van der Waals surface area contributed by atoms with Crippen LogP contribution in [0.5, 0.6) is 0 Å². The minimum atomic E-state index is -0.672. The number of carbonyl (C=O) groups is 1. The van der Waals surface area contributed by atoms with Crippen LogP contribution < -0.4 is 5.32 Å². The van der Waals surface area contributed by atoms with E-state index in [2.05, 4.69) is 12.2 Å². The van der Waals surface area contributed by atoms with Crippen molar-refractivity contribution in [2.75, 3.05) is 13.1 Å². The van der Waals surface area contributed by atoms with Gasteiger partial charge in [0.15, 0.2) is 0 Å². The average Bonchev–Trinajstić information content (AvgIpc) is 2.53. The molecule has 2 N–H and O–H groups in total. The number of nitrogens with one attached hydrogen (secondary N) is 1. The Morgan fingerprint density at radius 3 is 1.48 bits per heavy atom. The van der Waals surface area contributed by atoms with Gasteiger partial charge in [-0.2, -0.15) is 0 Å². The standard InChI is InChI=1S/C20H41NO2/c1-2-3-4-5-6-7-8-9-10-11-12-15-18-21-19-16-13-14-17-20(22)23/h21H,2-19H2,1H3,(H,22,23). The fourth-order valence-corrected chi connectivity index (χ4v) is 2.92. The van der Waals surface area contributed by atoms with Crippen LogP contribution in [0.1, 0.15) is 110 Å². The first-order chi connectivity index (χ1) is 11.3. The van der Waals surface area contributed by atoms with E-state index in [0.717, 1.165) is 32.4 Å². The molecule has 3 heteroatoms. The molecule has 0 unspecified atom stereocenters. The molecule has 138 valence electrons. The number of rotatable bonds is 19. The Labute approximate surface area is 144 Å². The molecular formula is C20H41NO2. The largest absolute Gasteiger partial charge is 0.481 e. The second-order valence-corrected chi connectivity index (χ2v) is 6.84. The lowest BCUT2D eigenvalue weighted by molar-refractivity contribution is -0.137. The van der Waals surface area contributed by atoms with E-state index in [1.54, 1.807) is 0 Å². The molecule has 0 rings (SSSR count). The first kappa shape index (κ1) is 22.4. The Balaban J connectivity index is 2.96. The van der Waals surface area contributed by atoms with Crippen molar-refractivity contribution >= 4 is 5.97 Å². The Morgan fingerprint density at radius 1 is 0.652 bits per heavy atom. The summed E-state index contributed by atoms with van der Waals surface area (Å²) in [7, 11) is 0. The number of aliphatic carboxylic acids is 1. The van der Waals surface area contributed by atoms with Crippen LogP contribution >= 0.6 is 0 Å². The molecule has 0 aromatic heterocycles. The van der Waals surface area contributed by atoms with Crippen molar-refractivity contribution in [3.63, 3.8) is 0 Å². The predicted molar refractivity (Wildman–Crippen MR) is 100 cm³/mol. The van der Waals surface area contributed by atoms with Gasteiger partial charge >= 0.3 is 5.97 Å². The zero-order valence-electron chi connectivity index (χ0n) is 15.6. The fourth-order valence-electron chi connectivity index (χ4n) is 2.92. The van der Waals surface area contributed by atoms with Gasteiger partial charge in [0.25, 0.3) is 0 Å². The van der Waals surface area contributed by atoms with Crippen molar-refractivity contribution in [2.24, 2.45) is 0 Å². The van der Waals surface area contributed by atoms with Crippen LogP contribution in [0.3, 0.4) is 0 Å². The smallest absolute Gasteiger partial charge is 0.303 e. The third-order valence-electron chi connectivity index (χ3n) is 4.45. The van der Waals surface area contributed by atoms with E-state index in [0.29, 0.717) is 6.42 Å². The molecule has 0 saturated heterocycles. The van der Waals surface area contributed by atoms with Gasteiger partial charge in [0.2, 0.25) is 0 Å². The van der Waals surface area contributed by atoms with E-state index < -0.39 is 5.97 Å². The molecule has 0 saturated carbocycles. The summed E-state index contributed by atoms with van der Waals surface area (Å²) in [6.07, 6.45) is 20.1. The zero-order valence-corrected chi connectivity index (χ0v) is 15.6. The summed E-state index contributed by atoms with van der Waals surface area (Å²) in [5.41, 5.74) is 0. The monoisotopic (exact) mass is 327 g/mol. The highest BCUT2D eigenvalue weighted by Crippen LogP contribution is 2.11. The molecule has 0 aliphatic heterocycles. The Hall–Kier alpha value is -0.570. The summed E-state index contributed by atoms with van der Waals surface area (Å²) < 4.78 is 0. The zero-order chi connectivity index (χ0) is 17.0. The first-order valence-electron chi connectivity index (χ1n) is 10.2. The summed E-state index contributed by atoms with van der Waals surface area (Å²) >= 11 is 0. The van der Waals surface area contributed by atoms with Gasteiger partial charge in [-0.05, 0) is 32.4 Å². The molecule has 0 aliphatic carbocycles. The molecule has 3 nitrogen and oxygen atoms in total. The molecule has 0 spiro atoms. The predicted octanol–water partition coefficient (Wildman–Crippen LogP) is 5.92. The maximum Gasteiger partial charge on any atom is 0.303 e. The molecule has 0 aliphatic rings. The van der Waals surface area contributed by atoms with Gasteiger partial charge in [0, 0.05) is 6.42 Å². The lowest BCUT2D eigenvalue weighted by Gasteiger charge is -2.05. The van der Waals surface area contributed by atoms with Crippen LogP contribution in [0.4, 0.5) is 0 Å². The molecular weight excluding hydrogens is 286 g/mol. The summed E-state index contributed by atoms with van der Waals surface area (Å²) in [5.74, 6) is -0.672. The molecule has 0 heterocycles. The Morgan fingerprint density at radius 2 is 1.04 bits per heavy atom. The number of carboxylic acids is 1. The third kappa shape index (κ3) is 21.4. The number of hydrogen-bond donors (Lipinski definition) is 2. The maximum absolute atomic E-state index is 10.4. The van der Waals surface area contributed by atoms with Crippen LogP contribution in [0.25, 0.3) is 0 Å². The van der Waals surface area contributed by atoms with Crippen LogP contribution in [-0.4, -0.2) is 24.2 Å². The topological polar surface area (TPSA) is 49.3 Å². The van der Waals surface area contributed by atoms with Gasteiger partial charge in [0.05, 0.1) is 0 Å². The highest BCUT2D eigenvalue weighted by molar-refractivity contribution is 5.66. The summed E-state index contributed by atoms with van der Waals surface area (Å²) in [5, 5.41) is 12.0. The van der Waals surface area contributed by atoms with E-state index >= 15 is 0 Å². The quantitative estimate of drug-likeness (QED) is 0.289. The van der Waals surface area contributed by atoms with Gasteiger partial charge < -0.3 is 10.4 Å². The number of hydrogen-bond acceptors (Lipinski definition) is 2. The van der Waals surface area contributed by atoms with Gasteiger partial charge in [-0.25, -0.2) is 0 Å². The van der Waals surface area contributed by atoms with Gasteiger partial charge in [0.1, 0.15) is 0 Å². The molecule has 23 heavy (non-hydrogen) atoms. The van der Waals surface area contributed by atoms with Crippen LogP contribution in [-0.2, 0) is 4.79 Å². The van der Waals surface area contributed by atoms with Crippen molar-refractivity contribution in [3.8, 4) is 0 Å². The van der Waals surface area contributed by atoms with Crippen molar-refractivity contribution in [1.82, 2.24) is 5.32 Å². The van der Waals surface area contributed by atoms with E-state index in [9.17, 15) is 4.79 Å². The van der Waals surface area contributed by atoms with Crippen molar-refractivity contribution in [2.45, 2.75) is 110 Å². The first-order valence-corrected chi connectivity index (χ1v) is 10.2. The molecule has 0 radical (unpaired) electrons. The van der Waals surface area contributed by atoms with Gasteiger partial charge in [-0.3, -0.25) is 4.79 Å². The van der Waals surface area contributed by atoms with E-state index in [4.69, 9.17) is 5.11 Å². The molecule has 0 fully saturated rings. The molecule has 0 aromatic rings. The lowest BCUT2D eigenvalue weighted by Crippen LogP contribution is -2.16. The van der Waals surface area contributed by atoms with Crippen LogP contribution in [0, 0.1) is 0 Å². The van der Waals surface area contributed by atoms with Gasteiger partial charge in [-0.15, -0.1) is 0 Å². The second-order valence-electron chi connectivity index (χ2n) is 6.84. The van der Waals surface area contributed by atoms with E-state index in [1.165, 1.54) is 77.0 Å². The van der Waals surface area contributed by atoms with Crippen molar-refractivity contribution in [3.05, 3.63) is 0 Å². The second kappa shape index (κ2) is 19.5. The Bertz CT molecular complexity index is 244.